The molecule has 0 saturated heterocycles. The summed E-state index contributed by atoms with van der Waals surface area (Å²) in [5.41, 5.74) is -0.665. The second kappa shape index (κ2) is 5.56. The van der Waals surface area contributed by atoms with Crippen molar-refractivity contribution in [1.82, 2.24) is 10.2 Å². The third-order valence-electron chi connectivity index (χ3n) is 3.49. The number of rotatable bonds is 6. The van der Waals surface area contributed by atoms with Gasteiger partial charge in [-0.25, -0.2) is 4.79 Å². The first-order valence-corrected chi connectivity index (χ1v) is 6.15. The zero-order valence-electron chi connectivity index (χ0n) is 11.1. The number of carboxylic acid groups (broad SMARTS) is 1. The molecule has 0 aromatic rings. The molecule has 0 aromatic carbocycles. The summed E-state index contributed by atoms with van der Waals surface area (Å²) in [6, 6.07) is -0.654. The van der Waals surface area contributed by atoms with Gasteiger partial charge in [0.2, 0.25) is 0 Å². The number of aliphatic hydroxyl groups is 1. The van der Waals surface area contributed by atoms with E-state index in [9.17, 15) is 14.7 Å². The van der Waals surface area contributed by atoms with Gasteiger partial charge >= 0.3 is 12.0 Å². The van der Waals surface area contributed by atoms with Gasteiger partial charge in [0, 0.05) is 13.1 Å². The molecule has 0 radical (unpaired) electrons. The van der Waals surface area contributed by atoms with E-state index in [-0.39, 0.29) is 31.0 Å². The number of carbonyl (C=O) groups excluding carboxylic acids is 1. The maximum atomic E-state index is 12.0. The van der Waals surface area contributed by atoms with Gasteiger partial charge in [-0.3, -0.25) is 4.79 Å². The monoisotopic (exact) mass is 258 g/mol. The van der Waals surface area contributed by atoms with Crippen LogP contribution in [0.1, 0.15) is 33.1 Å². The van der Waals surface area contributed by atoms with Crippen LogP contribution in [0.5, 0.6) is 0 Å². The van der Waals surface area contributed by atoms with E-state index in [0.717, 1.165) is 12.8 Å². The van der Waals surface area contributed by atoms with Crippen LogP contribution in [0.2, 0.25) is 0 Å². The Hall–Kier alpha value is -1.30. The molecule has 0 bridgehead atoms. The van der Waals surface area contributed by atoms with E-state index in [0.29, 0.717) is 0 Å². The number of likely N-dealkylation sites (N-methyl/N-ethyl adjacent to an activating group) is 1. The Balaban J connectivity index is 2.58. The van der Waals surface area contributed by atoms with E-state index in [2.05, 4.69) is 5.32 Å². The van der Waals surface area contributed by atoms with E-state index in [1.165, 1.54) is 4.90 Å². The number of hydrogen-bond donors (Lipinski definition) is 3. The first-order chi connectivity index (χ1) is 8.27. The Bertz CT molecular complexity index is 326. The number of hydrogen-bond acceptors (Lipinski definition) is 3. The van der Waals surface area contributed by atoms with Crippen LogP contribution in [0.3, 0.4) is 0 Å². The molecule has 3 N–H and O–H groups in total. The standard InChI is InChI=1S/C12H22N2O4/c1-12(2,7-15)14(3)11(18)13-9(6-10(16)17)8-4-5-8/h8-9,15H,4-7H2,1-3H3,(H,13,18)(H,16,17). The number of aliphatic carboxylic acids is 1. The number of amides is 2. The van der Waals surface area contributed by atoms with Crippen molar-refractivity contribution in [3.8, 4) is 0 Å². The Morgan fingerprint density at radius 1 is 1.44 bits per heavy atom. The molecule has 0 heterocycles. The highest BCUT2D eigenvalue weighted by atomic mass is 16.4. The summed E-state index contributed by atoms with van der Waals surface area (Å²) in [4.78, 5) is 24.1. The first-order valence-electron chi connectivity index (χ1n) is 6.15. The average molecular weight is 258 g/mol. The van der Waals surface area contributed by atoms with Crippen LogP contribution in [-0.4, -0.2) is 52.3 Å². The Morgan fingerprint density at radius 2 is 2.00 bits per heavy atom. The van der Waals surface area contributed by atoms with Crippen molar-refractivity contribution < 1.29 is 19.8 Å². The minimum atomic E-state index is -0.906. The maximum Gasteiger partial charge on any atom is 0.317 e. The number of aliphatic hydroxyl groups excluding tert-OH is 1. The van der Waals surface area contributed by atoms with Crippen molar-refractivity contribution >= 4 is 12.0 Å². The highest BCUT2D eigenvalue weighted by Crippen LogP contribution is 2.34. The molecule has 1 atom stereocenters. The summed E-state index contributed by atoms with van der Waals surface area (Å²) in [5, 5.41) is 20.8. The zero-order chi connectivity index (χ0) is 13.9. The molecule has 1 saturated carbocycles. The van der Waals surface area contributed by atoms with Gasteiger partial charge in [0.15, 0.2) is 0 Å². The third-order valence-corrected chi connectivity index (χ3v) is 3.49. The first kappa shape index (κ1) is 14.8. The molecule has 0 aromatic heterocycles. The summed E-state index contributed by atoms with van der Waals surface area (Å²) in [6.07, 6.45) is 1.88. The molecule has 104 valence electrons. The number of carbonyl (C=O) groups is 2. The topological polar surface area (TPSA) is 89.9 Å². The second-order valence-corrected chi connectivity index (χ2v) is 5.52. The molecule has 1 rings (SSSR count). The molecule has 0 aliphatic heterocycles. The summed E-state index contributed by atoms with van der Waals surface area (Å²) in [7, 11) is 1.59. The fourth-order valence-electron chi connectivity index (χ4n) is 1.66. The molecule has 18 heavy (non-hydrogen) atoms. The SMILES string of the molecule is CN(C(=O)NC(CC(=O)O)C1CC1)C(C)(C)CO. The van der Waals surface area contributed by atoms with E-state index >= 15 is 0 Å². The van der Waals surface area contributed by atoms with Gasteiger partial charge in [-0.05, 0) is 32.6 Å². The normalized spacial score (nSPS) is 17.1. The van der Waals surface area contributed by atoms with Crippen molar-refractivity contribution in [2.75, 3.05) is 13.7 Å². The van der Waals surface area contributed by atoms with Crippen molar-refractivity contribution in [2.24, 2.45) is 5.92 Å². The summed E-state index contributed by atoms with van der Waals surface area (Å²) in [6.45, 7) is 3.34. The number of carboxylic acids is 1. The lowest BCUT2D eigenvalue weighted by atomic mass is 10.1. The van der Waals surface area contributed by atoms with Crippen LogP contribution >= 0.6 is 0 Å². The lowest BCUT2D eigenvalue weighted by Crippen LogP contribution is -2.54. The van der Waals surface area contributed by atoms with Gasteiger partial charge in [-0.15, -0.1) is 0 Å². The van der Waals surface area contributed by atoms with Gasteiger partial charge < -0.3 is 20.4 Å². The molecule has 1 aliphatic rings. The highest BCUT2D eigenvalue weighted by Gasteiger charge is 2.36. The van der Waals surface area contributed by atoms with Crippen molar-refractivity contribution in [2.45, 2.75) is 44.7 Å². The maximum absolute atomic E-state index is 12.0. The van der Waals surface area contributed by atoms with E-state index in [1.807, 2.05) is 0 Å². The van der Waals surface area contributed by atoms with Crippen molar-refractivity contribution in [3.63, 3.8) is 0 Å². The van der Waals surface area contributed by atoms with E-state index < -0.39 is 11.5 Å². The second-order valence-electron chi connectivity index (χ2n) is 5.52. The fourth-order valence-corrected chi connectivity index (χ4v) is 1.66. The van der Waals surface area contributed by atoms with Gasteiger partial charge in [0.05, 0.1) is 18.6 Å². The van der Waals surface area contributed by atoms with Crippen molar-refractivity contribution in [3.05, 3.63) is 0 Å². The smallest absolute Gasteiger partial charge is 0.317 e. The Labute approximate surface area is 107 Å². The van der Waals surface area contributed by atoms with Crippen LogP contribution in [0, 0.1) is 5.92 Å². The molecule has 1 unspecified atom stereocenters. The predicted octanol–water partition coefficient (Wildman–Crippen LogP) is 0.652. The zero-order valence-corrected chi connectivity index (χ0v) is 11.1. The lowest BCUT2D eigenvalue weighted by molar-refractivity contribution is -0.137. The minimum Gasteiger partial charge on any atom is -0.481 e. The quantitative estimate of drug-likeness (QED) is 0.652. The minimum absolute atomic E-state index is 0.0518. The molecular weight excluding hydrogens is 236 g/mol. The summed E-state index contributed by atoms with van der Waals surface area (Å²) < 4.78 is 0. The predicted molar refractivity (Wildman–Crippen MR) is 66.2 cm³/mol. The van der Waals surface area contributed by atoms with Crippen molar-refractivity contribution in [1.29, 1.82) is 0 Å². The van der Waals surface area contributed by atoms with Crippen LogP contribution < -0.4 is 5.32 Å². The van der Waals surface area contributed by atoms with E-state index in [4.69, 9.17) is 5.11 Å². The molecular formula is C12H22N2O4. The van der Waals surface area contributed by atoms with E-state index in [1.54, 1.807) is 20.9 Å². The molecule has 0 spiro atoms. The Kier molecular flexibility index (Phi) is 4.56. The molecule has 6 nitrogen and oxygen atoms in total. The van der Waals surface area contributed by atoms with Crippen LogP contribution in [-0.2, 0) is 4.79 Å². The number of urea groups is 1. The van der Waals surface area contributed by atoms with Gasteiger partial charge in [-0.1, -0.05) is 0 Å². The third kappa shape index (κ3) is 3.87. The number of nitrogens with zero attached hydrogens (tertiary/aromatic N) is 1. The Morgan fingerprint density at radius 3 is 2.39 bits per heavy atom. The summed E-state index contributed by atoms with van der Waals surface area (Å²) >= 11 is 0. The van der Waals surface area contributed by atoms with Gasteiger partial charge in [0.25, 0.3) is 0 Å². The highest BCUT2D eigenvalue weighted by molar-refractivity contribution is 5.76. The average Bonchev–Trinajstić information content (AvgIpc) is 3.10. The fraction of sp³-hybridized carbons (Fsp3) is 0.833. The van der Waals surface area contributed by atoms with Gasteiger partial charge in [0.1, 0.15) is 0 Å². The molecule has 1 fully saturated rings. The van der Waals surface area contributed by atoms with Crippen LogP contribution in [0.4, 0.5) is 4.79 Å². The molecule has 2 amide bonds. The molecule has 6 heteroatoms. The van der Waals surface area contributed by atoms with Gasteiger partial charge in [-0.2, -0.15) is 0 Å². The van der Waals surface area contributed by atoms with Crippen LogP contribution in [0.25, 0.3) is 0 Å². The lowest BCUT2D eigenvalue weighted by Gasteiger charge is -2.35. The largest absolute Gasteiger partial charge is 0.481 e. The van der Waals surface area contributed by atoms with Crippen LogP contribution in [0.15, 0.2) is 0 Å². The summed E-state index contributed by atoms with van der Waals surface area (Å²) in [5.74, 6) is -0.632. The number of nitrogens with one attached hydrogen (secondary N) is 1. The molecule has 1 aliphatic carbocycles.